The minimum atomic E-state index is -0.430. The van der Waals surface area contributed by atoms with Gasteiger partial charge < -0.3 is 4.74 Å². The summed E-state index contributed by atoms with van der Waals surface area (Å²) in [5.74, 6) is 0.132. The topological polar surface area (TPSA) is 79.5 Å². The third kappa shape index (κ3) is 8.21. The van der Waals surface area contributed by atoms with E-state index in [0.717, 1.165) is 10.0 Å². The lowest BCUT2D eigenvalue weighted by molar-refractivity contribution is -0.121. The van der Waals surface area contributed by atoms with E-state index in [1.807, 2.05) is 44.2 Å². The predicted octanol–water partition coefficient (Wildman–Crippen LogP) is 3.75. The molecule has 0 atom stereocenters. The maximum Gasteiger partial charge on any atom is 0.261 e. The number of nitrogens with one attached hydrogen (secondary N) is 3. The van der Waals surface area contributed by atoms with Crippen LogP contribution in [0.3, 0.4) is 0 Å². The highest BCUT2D eigenvalue weighted by Crippen LogP contribution is 2.23. The van der Waals surface area contributed by atoms with Gasteiger partial charge in [0.15, 0.2) is 5.11 Å². The molecule has 0 saturated carbocycles. The van der Waals surface area contributed by atoms with Crippen molar-refractivity contribution in [3.63, 3.8) is 0 Å². The molecule has 0 fully saturated rings. The third-order valence-corrected chi connectivity index (χ3v) is 4.48. The van der Waals surface area contributed by atoms with E-state index < -0.39 is 5.91 Å². The van der Waals surface area contributed by atoms with Gasteiger partial charge in [0.2, 0.25) is 5.91 Å². The van der Waals surface area contributed by atoms with Crippen molar-refractivity contribution in [3.05, 3.63) is 64.1 Å². The van der Waals surface area contributed by atoms with Crippen LogP contribution in [0, 0.1) is 5.92 Å². The van der Waals surface area contributed by atoms with Crippen LogP contribution in [-0.4, -0.2) is 23.5 Å². The second-order valence-electron chi connectivity index (χ2n) is 6.79. The number of hydrogen-bond donors (Lipinski definition) is 3. The van der Waals surface area contributed by atoms with Gasteiger partial charge in [0.05, 0.1) is 12.2 Å². The molecule has 8 heteroatoms. The lowest BCUT2D eigenvalue weighted by Gasteiger charge is -2.15. The lowest BCUT2D eigenvalue weighted by Crippen LogP contribution is -2.48. The average molecular weight is 478 g/mol. The molecule has 2 rings (SSSR count). The fourth-order valence-corrected chi connectivity index (χ4v) is 2.86. The van der Waals surface area contributed by atoms with E-state index in [2.05, 4.69) is 32.1 Å². The zero-order valence-corrected chi connectivity index (χ0v) is 18.7. The number of halogens is 1. The molecule has 0 heterocycles. The van der Waals surface area contributed by atoms with Gasteiger partial charge in [-0.2, -0.15) is 0 Å². The van der Waals surface area contributed by atoms with Crippen molar-refractivity contribution in [1.82, 2.24) is 16.2 Å². The van der Waals surface area contributed by atoms with E-state index in [1.165, 1.54) is 0 Å². The molecule has 0 radical (unpaired) electrons. The van der Waals surface area contributed by atoms with Gasteiger partial charge in [0.25, 0.3) is 5.91 Å². The Hall–Kier alpha value is -2.45. The summed E-state index contributed by atoms with van der Waals surface area (Å²) in [6.45, 7) is 4.54. The van der Waals surface area contributed by atoms with Gasteiger partial charge in [-0.3, -0.25) is 25.8 Å². The Labute approximate surface area is 184 Å². The Kier molecular flexibility index (Phi) is 9.08. The minimum Gasteiger partial charge on any atom is -0.492 e. The van der Waals surface area contributed by atoms with Crippen molar-refractivity contribution in [1.29, 1.82) is 0 Å². The van der Waals surface area contributed by atoms with Crippen LogP contribution in [0.2, 0.25) is 0 Å². The van der Waals surface area contributed by atoms with E-state index in [0.29, 0.717) is 36.7 Å². The summed E-state index contributed by atoms with van der Waals surface area (Å²) in [6, 6.07) is 14.9. The standard InChI is InChI=1S/C21H24BrN3O3S/c1-14(2)13-28-18-10-9-16(22)12-17(18)20(27)23-21(29)25-24-19(26)11-8-15-6-4-3-5-7-15/h3-7,9-10,12,14H,8,11,13H2,1-2H3,(H,24,26)(H2,23,25,27,29). The summed E-state index contributed by atoms with van der Waals surface area (Å²) in [4.78, 5) is 24.5. The maximum absolute atomic E-state index is 12.6. The van der Waals surface area contributed by atoms with Crippen LogP contribution in [0.4, 0.5) is 0 Å². The molecule has 0 aliphatic heterocycles. The third-order valence-electron chi connectivity index (χ3n) is 3.78. The van der Waals surface area contributed by atoms with Gasteiger partial charge in [-0.15, -0.1) is 0 Å². The van der Waals surface area contributed by atoms with E-state index in [1.54, 1.807) is 18.2 Å². The SMILES string of the molecule is CC(C)COc1ccc(Br)cc1C(=O)NC(=S)NNC(=O)CCc1ccccc1. The number of carbonyl (C=O) groups is 2. The second-order valence-corrected chi connectivity index (χ2v) is 8.11. The van der Waals surface area contributed by atoms with Gasteiger partial charge in [0, 0.05) is 10.9 Å². The number of rotatable bonds is 7. The number of aryl methyl sites for hydroxylation is 1. The highest BCUT2D eigenvalue weighted by molar-refractivity contribution is 9.10. The average Bonchev–Trinajstić information content (AvgIpc) is 2.70. The zero-order chi connectivity index (χ0) is 21.2. The van der Waals surface area contributed by atoms with Crippen LogP contribution in [-0.2, 0) is 11.2 Å². The lowest BCUT2D eigenvalue weighted by atomic mass is 10.1. The molecule has 3 N–H and O–H groups in total. The van der Waals surface area contributed by atoms with E-state index in [4.69, 9.17) is 17.0 Å². The molecule has 2 aromatic carbocycles. The highest BCUT2D eigenvalue weighted by Gasteiger charge is 2.15. The van der Waals surface area contributed by atoms with Gasteiger partial charge in [-0.1, -0.05) is 60.1 Å². The Morgan fingerprint density at radius 3 is 2.52 bits per heavy atom. The molecule has 0 spiro atoms. The molecule has 0 aliphatic carbocycles. The molecule has 154 valence electrons. The van der Waals surface area contributed by atoms with Crippen LogP contribution in [0.5, 0.6) is 5.75 Å². The first-order valence-corrected chi connectivity index (χ1v) is 10.4. The molecule has 2 amide bonds. The van der Waals surface area contributed by atoms with Crippen molar-refractivity contribution in [2.24, 2.45) is 5.92 Å². The van der Waals surface area contributed by atoms with Gasteiger partial charge in [-0.25, -0.2) is 0 Å². The Morgan fingerprint density at radius 1 is 1.10 bits per heavy atom. The van der Waals surface area contributed by atoms with Crippen LogP contribution in [0.15, 0.2) is 53.0 Å². The predicted molar refractivity (Wildman–Crippen MR) is 121 cm³/mol. The van der Waals surface area contributed by atoms with Crippen LogP contribution >= 0.6 is 28.1 Å². The van der Waals surface area contributed by atoms with Crippen molar-refractivity contribution < 1.29 is 14.3 Å². The van der Waals surface area contributed by atoms with E-state index in [9.17, 15) is 9.59 Å². The summed E-state index contributed by atoms with van der Waals surface area (Å²) < 4.78 is 6.46. The van der Waals surface area contributed by atoms with Crippen molar-refractivity contribution >= 4 is 45.1 Å². The largest absolute Gasteiger partial charge is 0.492 e. The first-order valence-electron chi connectivity index (χ1n) is 9.21. The Balaban J connectivity index is 1.84. The van der Waals surface area contributed by atoms with Gasteiger partial charge in [0.1, 0.15) is 5.75 Å². The Bertz CT molecular complexity index is 860. The second kappa shape index (κ2) is 11.5. The normalized spacial score (nSPS) is 10.3. The monoisotopic (exact) mass is 477 g/mol. The molecule has 0 bridgehead atoms. The molecule has 0 unspecified atom stereocenters. The molecule has 29 heavy (non-hydrogen) atoms. The Morgan fingerprint density at radius 2 is 1.83 bits per heavy atom. The molecule has 2 aromatic rings. The fourth-order valence-electron chi connectivity index (χ4n) is 2.36. The smallest absolute Gasteiger partial charge is 0.261 e. The van der Waals surface area contributed by atoms with Gasteiger partial charge in [-0.05, 0) is 48.3 Å². The quantitative estimate of drug-likeness (QED) is 0.417. The number of ether oxygens (including phenoxy) is 1. The summed E-state index contributed by atoms with van der Waals surface area (Å²) >= 11 is 8.45. The minimum absolute atomic E-state index is 0.00199. The van der Waals surface area contributed by atoms with Gasteiger partial charge >= 0.3 is 0 Å². The summed E-state index contributed by atoms with van der Waals surface area (Å²) in [5.41, 5.74) is 6.46. The maximum atomic E-state index is 12.6. The number of benzene rings is 2. The molecular formula is C21H24BrN3O3S. The van der Waals surface area contributed by atoms with E-state index in [-0.39, 0.29) is 11.0 Å². The fraction of sp³-hybridized carbons (Fsp3) is 0.286. The highest BCUT2D eigenvalue weighted by atomic mass is 79.9. The van der Waals surface area contributed by atoms with Crippen molar-refractivity contribution in [2.75, 3.05) is 6.61 Å². The number of thiocarbonyl (C=S) groups is 1. The first-order chi connectivity index (χ1) is 13.8. The molecule has 0 saturated heterocycles. The number of carbonyl (C=O) groups excluding carboxylic acids is 2. The molecule has 0 aromatic heterocycles. The van der Waals surface area contributed by atoms with E-state index >= 15 is 0 Å². The zero-order valence-electron chi connectivity index (χ0n) is 16.3. The first kappa shape index (κ1) is 22.8. The molecule has 0 aliphatic rings. The van der Waals surface area contributed by atoms with Crippen molar-refractivity contribution in [2.45, 2.75) is 26.7 Å². The number of hydrogen-bond acceptors (Lipinski definition) is 4. The summed E-state index contributed by atoms with van der Waals surface area (Å²) in [7, 11) is 0. The number of hydrazine groups is 1. The summed E-state index contributed by atoms with van der Waals surface area (Å²) in [5, 5.41) is 2.54. The van der Waals surface area contributed by atoms with Crippen LogP contribution < -0.4 is 20.9 Å². The molecule has 6 nitrogen and oxygen atoms in total. The van der Waals surface area contributed by atoms with Crippen LogP contribution in [0.1, 0.15) is 36.2 Å². The number of amides is 2. The van der Waals surface area contributed by atoms with Crippen molar-refractivity contribution in [3.8, 4) is 5.75 Å². The van der Waals surface area contributed by atoms with Crippen LogP contribution in [0.25, 0.3) is 0 Å². The summed E-state index contributed by atoms with van der Waals surface area (Å²) in [6.07, 6.45) is 0.911. The molecular weight excluding hydrogens is 454 g/mol.